The van der Waals surface area contributed by atoms with E-state index in [1.807, 2.05) is 7.05 Å². The van der Waals surface area contributed by atoms with Crippen molar-refractivity contribution in [1.29, 1.82) is 0 Å². The minimum Gasteiger partial charge on any atom is -0.341 e. The molecule has 0 bridgehead atoms. The summed E-state index contributed by atoms with van der Waals surface area (Å²) in [5.41, 5.74) is 0.494. The number of nitrogens with zero attached hydrogens (tertiary/aromatic N) is 1. The highest BCUT2D eigenvalue weighted by atomic mass is 35.5. The van der Waals surface area contributed by atoms with Crippen LogP contribution in [0.25, 0.3) is 0 Å². The monoisotopic (exact) mass is 359 g/mol. The molecule has 1 heterocycles. The van der Waals surface area contributed by atoms with Gasteiger partial charge in [-0.25, -0.2) is 0 Å². The summed E-state index contributed by atoms with van der Waals surface area (Å²) in [6, 6.07) is 6.29. The van der Waals surface area contributed by atoms with Gasteiger partial charge < -0.3 is 15.5 Å². The van der Waals surface area contributed by atoms with Gasteiger partial charge in [0.05, 0.1) is 0 Å². The Balaban J connectivity index is 0.00000264. The zero-order valence-corrected chi connectivity index (χ0v) is 14.9. The SMILES string of the molecule is CC(NC(=O)c1ccc(Cl)cc1)C(=O)N(C)C1CCNCC1.Cl. The number of carbonyl (C=O) groups is 2. The summed E-state index contributed by atoms with van der Waals surface area (Å²) < 4.78 is 0. The molecule has 2 N–H and O–H groups in total. The highest BCUT2D eigenvalue weighted by molar-refractivity contribution is 6.30. The van der Waals surface area contributed by atoms with E-state index in [2.05, 4.69) is 10.6 Å². The number of rotatable bonds is 4. The van der Waals surface area contributed by atoms with Gasteiger partial charge in [-0.3, -0.25) is 9.59 Å². The summed E-state index contributed by atoms with van der Waals surface area (Å²) in [5, 5.41) is 6.60. The van der Waals surface area contributed by atoms with Gasteiger partial charge >= 0.3 is 0 Å². The van der Waals surface area contributed by atoms with Crippen LogP contribution in [-0.2, 0) is 4.79 Å². The van der Waals surface area contributed by atoms with Gasteiger partial charge in [0.25, 0.3) is 5.91 Å². The third kappa shape index (κ3) is 5.37. The first-order chi connectivity index (χ1) is 10.5. The van der Waals surface area contributed by atoms with Crippen LogP contribution in [0.15, 0.2) is 24.3 Å². The molecule has 23 heavy (non-hydrogen) atoms. The first-order valence-electron chi connectivity index (χ1n) is 7.53. The lowest BCUT2D eigenvalue weighted by Gasteiger charge is -2.33. The standard InChI is InChI=1S/C16H22ClN3O2.ClH/c1-11(16(22)20(2)14-7-9-18-10-8-14)19-15(21)12-3-5-13(17)6-4-12;/h3-6,11,14,18H,7-10H2,1-2H3,(H,19,21);1H. The van der Waals surface area contributed by atoms with Crippen molar-refractivity contribution in [2.45, 2.75) is 31.8 Å². The smallest absolute Gasteiger partial charge is 0.251 e. The van der Waals surface area contributed by atoms with E-state index in [-0.39, 0.29) is 30.3 Å². The largest absolute Gasteiger partial charge is 0.341 e. The lowest BCUT2D eigenvalue weighted by molar-refractivity contribution is -0.134. The molecule has 0 spiro atoms. The maximum atomic E-state index is 12.4. The first-order valence-corrected chi connectivity index (χ1v) is 7.90. The van der Waals surface area contributed by atoms with Crippen LogP contribution in [0.3, 0.4) is 0 Å². The van der Waals surface area contributed by atoms with E-state index in [1.54, 1.807) is 36.1 Å². The summed E-state index contributed by atoms with van der Waals surface area (Å²) in [5.74, 6) is -0.328. The summed E-state index contributed by atoms with van der Waals surface area (Å²) in [6.45, 7) is 3.56. The molecule has 7 heteroatoms. The van der Waals surface area contributed by atoms with E-state index >= 15 is 0 Å². The molecule has 1 saturated heterocycles. The van der Waals surface area contributed by atoms with Gasteiger partial charge in [0.1, 0.15) is 6.04 Å². The number of benzene rings is 1. The fraction of sp³-hybridized carbons (Fsp3) is 0.500. The average Bonchev–Trinajstić information content (AvgIpc) is 2.54. The number of amides is 2. The van der Waals surface area contributed by atoms with Gasteiger partial charge in [0, 0.05) is 23.7 Å². The number of likely N-dealkylation sites (N-methyl/N-ethyl adjacent to an activating group) is 1. The normalized spacial score (nSPS) is 16.1. The highest BCUT2D eigenvalue weighted by Gasteiger charge is 2.26. The van der Waals surface area contributed by atoms with Crippen LogP contribution in [0.2, 0.25) is 5.02 Å². The molecule has 128 valence electrons. The van der Waals surface area contributed by atoms with Crippen LogP contribution >= 0.6 is 24.0 Å². The maximum Gasteiger partial charge on any atom is 0.251 e. The Hall–Kier alpha value is -1.30. The third-order valence-corrected chi connectivity index (χ3v) is 4.28. The Bertz CT molecular complexity index is 531. The van der Waals surface area contributed by atoms with Gasteiger partial charge in [-0.15, -0.1) is 12.4 Å². The number of hydrogen-bond donors (Lipinski definition) is 2. The molecule has 1 atom stereocenters. The molecule has 1 aromatic carbocycles. The molecule has 0 aromatic heterocycles. The van der Waals surface area contributed by atoms with Gasteiger partial charge in [0.2, 0.25) is 5.91 Å². The minimum atomic E-state index is -0.553. The van der Waals surface area contributed by atoms with Crippen molar-refractivity contribution in [3.8, 4) is 0 Å². The van der Waals surface area contributed by atoms with E-state index < -0.39 is 6.04 Å². The molecule has 1 fully saturated rings. The van der Waals surface area contributed by atoms with E-state index in [9.17, 15) is 9.59 Å². The van der Waals surface area contributed by atoms with Gasteiger partial charge in [-0.2, -0.15) is 0 Å². The van der Waals surface area contributed by atoms with Crippen molar-refractivity contribution in [1.82, 2.24) is 15.5 Å². The number of nitrogens with one attached hydrogen (secondary N) is 2. The number of piperidine rings is 1. The lowest BCUT2D eigenvalue weighted by atomic mass is 10.0. The molecule has 0 aliphatic carbocycles. The molecule has 0 saturated carbocycles. The molecule has 1 aliphatic rings. The quantitative estimate of drug-likeness (QED) is 0.865. The Kier molecular flexibility index (Phi) is 7.82. The van der Waals surface area contributed by atoms with Gasteiger partial charge in [-0.1, -0.05) is 11.6 Å². The van der Waals surface area contributed by atoms with E-state index in [0.29, 0.717) is 10.6 Å². The van der Waals surface area contributed by atoms with Crippen LogP contribution in [0.5, 0.6) is 0 Å². The molecule has 2 amide bonds. The summed E-state index contributed by atoms with van der Waals surface area (Å²) in [7, 11) is 1.81. The molecule has 2 rings (SSSR count). The highest BCUT2D eigenvalue weighted by Crippen LogP contribution is 2.12. The molecule has 0 radical (unpaired) electrons. The first kappa shape index (κ1) is 19.7. The topological polar surface area (TPSA) is 61.4 Å². The summed E-state index contributed by atoms with van der Waals surface area (Å²) in [6.07, 6.45) is 1.89. The number of hydrogen-bond acceptors (Lipinski definition) is 3. The van der Waals surface area contributed by atoms with Crippen LogP contribution in [0, 0.1) is 0 Å². The Morgan fingerprint density at radius 1 is 1.26 bits per heavy atom. The average molecular weight is 360 g/mol. The predicted octanol–water partition coefficient (Wildman–Crippen LogP) is 2.09. The predicted molar refractivity (Wildman–Crippen MR) is 94.3 cm³/mol. The minimum absolute atomic E-state index is 0. The fourth-order valence-electron chi connectivity index (χ4n) is 2.62. The second kappa shape index (κ2) is 9.11. The second-order valence-corrected chi connectivity index (χ2v) is 6.07. The molecule has 1 unspecified atom stereocenters. The Labute approximate surface area is 148 Å². The second-order valence-electron chi connectivity index (χ2n) is 5.63. The van der Waals surface area contributed by atoms with Crippen LogP contribution in [-0.4, -0.2) is 48.9 Å². The summed E-state index contributed by atoms with van der Waals surface area (Å²) >= 11 is 5.80. The van der Waals surface area contributed by atoms with Crippen LogP contribution in [0.1, 0.15) is 30.1 Å². The Morgan fingerprint density at radius 2 is 1.83 bits per heavy atom. The zero-order chi connectivity index (χ0) is 16.1. The molecular formula is C16H23Cl2N3O2. The maximum absolute atomic E-state index is 12.4. The van der Waals surface area contributed by atoms with Crippen LogP contribution < -0.4 is 10.6 Å². The number of carbonyl (C=O) groups excluding carboxylic acids is 2. The van der Waals surface area contributed by atoms with Crippen molar-refractivity contribution < 1.29 is 9.59 Å². The van der Waals surface area contributed by atoms with E-state index in [0.717, 1.165) is 25.9 Å². The summed E-state index contributed by atoms with van der Waals surface area (Å²) in [4.78, 5) is 26.3. The Morgan fingerprint density at radius 3 is 2.39 bits per heavy atom. The molecule has 5 nitrogen and oxygen atoms in total. The van der Waals surface area contributed by atoms with Crippen molar-refractivity contribution >= 4 is 35.8 Å². The van der Waals surface area contributed by atoms with Crippen molar-refractivity contribution in [2.24, 2.45) is 0 Å². The van der Waals surface area contributed by atoms with Crippen molar-refractivity contribution in [3.05, 3.63) is 34.9 Å². The van der Waals surface area contributed by atoms with Gasteiger partial charge in [-0.05, 0) is 57.1 Å². The van der Waals surface area contributed by atoms with E-state index in [4.69, 9.17) is 11.6 Å². The van der Waals surface area contributed by atoms with E-state index in [1.165, 1.54) is 0 Å². The van der Waals surface area contributed by atoms with Crippen LogP contribution in [0.4, 0.5) is 0 Å². The molecule has 1 aromatic rings. The fourth-order valence-corrected chi connectivity index (χ4v) is 2.75. The number of halogens is 2. The third-order valence-electron chi connectivity index (χ3n) is 4.03. The van der Waals surface area contributed by atoms with Crippen molar-refractivity contribution in [2.75, 3.05) is 20.1 Å². The molecular weight excluding hydrogens is 337 g/mol. The zero-order valence-electron chi connectivity index (χ0n) is 13.3. The molecule has 1 aliphatic heterocycles. The van der Waals surface area contributed by atoms with Gasteiger partial charge in [0.15, 0.2) is 0 Å². The van der Waals surface area contributed by atoms with Crippen molar-refractivity contribution in [3.63, 3.8) is 0 Å². The lowest BCUT2D eigenvalue weighted by Crippen LogP contribution is -2.51.